The molecule has 17 heavy (non-hydrogen) atoms. The molecule has 0 radical (unpaired) electrons. The Bertz CT molecular complexity index is 435. The summed E-state index contributed by atoms with van der Waals surface area (Å²) in [4.78, 5) is 29.4. The van der Waals surface area contributed by atoms with Crippen LogP contribution < -0.4 is 0 Å². The van der Waals surface area contributed by atoms with Crippen molar-refractivity contribution in [2.24, 2.45) is 0 Å². The van der Waals surface area contributed by atoms with E-state index in [4.69, 9.17) is 11.6 Å². The predicted molar refractivity (Wildman–Crippen MR) is 59.5 cm³/mol. The number of carbonyl (C=O) groups is 1. The second-order valence-electron chi connectivity index (χ2n) is 3.18. The summed E-state index contributed by atoms with van der Waals surface area (Å²) in [5.41, 5.74) is 0.385. The molecule has 0 bridgehead atoms. The van der Waals surface area contributed by atoms with Crippen molar-refractivity contribution >= 4 is 23.3 Å². The highest BCUT2D eigenvalue weighted by Gasteiger charge is 2.14. The van der Waals surface area contributed by atoms with E-state index in [-0.39, 0.29) is 18.7 Å². The molecular weight excluding hydrogens is 250 g/mol. The number of nitrogens with zero attached hydrogens (tertiary/aromatic N) is 1. The Balaban J connectivity index is 2.64. The van der Waals surface area contributed by atoms with Crippen LogP contribution in [0.15, 0.2) is 18.2 Å². The molecule has 0 heterocycles. The van der Waals surface area contributed by atoms with E-state index in [9.17, 15) is 14.9 Å². The molecule has 1 aromatic rings. The minimum absolute atomic E-state index is 0.0437. The fourth-order valence-electron chi connectivity index (χ4n) is 1.19. The summed E-state index contributed by atoms with van der Waals surface area (Å²) < 4.78 is 0. The number of nitro groups is 1. The zero-order chi connectivity index (χ0) is 12.8. The summed E-state index contributed by atoms with van der Waals surface area (Å²) in [5.74, 6) is -0.574. The molecule has 0 N–H and O–H groups in total. The van der Waals surface area contributed by atoms with Crippen LogP contribution in [0.25, 0.3) is 0 Å². The predicted octanol–water partition coefficient (Wildman–Crippen LogP) is 2.29. The first-order valence-electron chi connectivity index (χ1n) is 4.73. The summed E-state index contributed by atoms with van der Waals surface area (Å²) in [6.07, 6.45) is 0.251. The Hall–Kier alpha value is -1.66. The molecule has 6 nitrogen and oxygen atoms in total. The molecular formula is C10H10ClNO5. The van der Waals surface area contributed by atoms with Crippen LogP contribution in [0.1, 0.15) is 12.5 Å². The van der Waals surface area contributed by atoms with Gasteiger partial charge in [0.25, 0.3) is 5.69 Å². The van der Waals surface area contributed by atoms with Gasteiger partial charge in [0.15, 0.2) is 0 Å². The van der Waals surface area contributed by atoms with Crippen LogP contribution in [0.2, 0.25) is 5.02 Å². The van der Waals surface area contributed by atoms with Gasteiger partial charge in [0.1, 0.15) is 0 Å². The lowest BCUT2D eigenvalue weighted by Crippen LogP contribution is -2.05. The largest absolute Gasteiger partial charge is 0.339 e. The number of nitro benzene ring substituents is 1. The third-order valence-electron chi connectivity index (χ3n) is 1.88. The van der Waals surface area contributed by atoms with Gasteiger partial charge in [0.05, 0.1) is 11.5 Å². The number of rotatable bonds is 5. The van der Waals surface area contributed by atoms with Gasteiger partial charge in [0, 0.05) is 30.0 Å². The van der Waals surface area contributed by atoms with E-state index < -0.39 is 10.9 Å². The van der Waals surface area contributed by atoms with E-state index in [1.165, 1.54) is 19.1 Å². The molecule has 0 saturated carbocycles. The minimum atomic E-state index is -0.574. The number of benzene rings is 1. The average molecular weight is 260 g/mol. The third kappa shape index (κ3) is 4.38. The second kappa shape index (κ2) is 6.17. The zero-order valence-corrected chi connectivity index (χ0v) is 9.77. The number of halogens is 1. The van der Waals surface area contributed by atoms with E-state index >= 15 is 0 Å². The van der Waals surface area contributed by atoms with E-state index in [1.54, 1.807) is 6.07 Å². The lowest BCUT2D eigenvalue weighted by Gasteiger charge is -2.03. The van der Waals surface area contributed by atoms with E-state index in [0.29, 0.717) is 10.6 Å². The Labute approximate surface area is 102 Å². The maximum absolute atomic E-state index is 10.7. The van der Waals surface area contributed by atoms with Crippen molar-refractivity contribution in [1.82, 2.24) is 0 Å². The van der Waals surface area contributed by atoms with Crippen LogP contribution in [-0.4, -0.2) is 17.5 Å². The van der Waals surface area contributed by atoms with Crippen molar-refractivity contribution in [3.8, 4) is 0 Å². The first-order chi connectivity index (χ1) is 8.00. The quantitative estimate of drug-likeness (QED) is 0.351. The number of hydrogen-bond donors (Lipinski definition) is 0. The molecule has 0 aliphatic heterocycles. The van der Waals surface area contributed by atoms with Gasteiger partial charge in [-0.1, -0.05) is 17.7 Å². The second-order valence-corrected chi connectivity index (χ2v) is 3.61. The van der Waals surface area contributed by atoms with E-state index in [1.807, 2.05) is 0 Å². The molecule has 1 aromatic carbocycles. The van der Waals surface area contributed by atoms with E-state index in [0.717, 1.165) is 0 Å². The third-order valence-corrected chi connectivity index (χ3v) is 2.11. The van der Waals surface area contributed by atoms with Gasteiger partial charge in [-0.2, -0.15) is 4.89 Å². The fourth-order valence-corrected chi connectivity index (χ4v) is 1.36. The molecule has 0 atom stereocenters. The lowest BCUT2D eigenvalue weighted by molar-refractivity contribution is -0.385. The Morgan fingerprint density at radius 1 is 1.53 bits per heavy atom. The van der Waals surface area contributed by atoms with Crippen molar-refractivity contribution in [2.75, 3.05) is 6.61 Å². The Kier molecular flexibility index (Phi) is 4.86. The summed E-state index contributed by atoms with van der Waals surface area (Å²) in [6, 6.07) is 4.36. The first-order valence-corrected chi connectivity index (χ1v) is 5.11. The van der Waals surface area contributed by atoms with Gasteiger partial charge in [-0.25, -0.2) is 4.79 Å². The monoisotopic (exact) mass is 259 g/mol. The molecule has 0 aliphatic rings. The van der Waals surface area contributed by atoms with Crippen LogP contribution in [0.3, 0.4) is 0 Å². The summed E-state index contributed by atoms with van der Waals surface area (Å²) in [5, 5.41) is 11.0. The molecule has 0 fully saturated rings. The smallest absolute Gasteiger partial charge is 0.299 e. The minimum Gasteiger partial charge on any atom is -0.299 e. The molecule has 0 spiro atoms. The molecule has 0 aromatic heterocycles. The summed E-state index contributed by atoms with van der Waals surface area (Å²) >= 11 is 5.66. The van der Waals surface area contributed by atoms with Gasteiger partial charge in [-0.05, 0) is 6.07 Å². The zero-order valence-electron chi connectivity index (χ0n) is 9.01. The van der Waals surface area contributed by atoms with Gasteiger partial charge in [0.2, 0.25) is 0 Å². The standard InChI is InChI=1S/C10H10ClNO5/c1-7(13)17-16-5-4-8-2-3-9(11)6-10(8)12(14)15/h2-3,6H,4-5H2,1H3. The molecule has 7 heteroatoms. The normalized spacial score (nSPS) is 10.0. The SMILES string of the molecule is CC(=O)OOCCc1ccc(Cl)cc1[N+](=O)[O-]. The molecule has 0 saturated heterocycles. The van der Waals surface area contributed by atoms with Crippen molar-refractivity contribution < 1.29 is 19.5 Å². The maximum Gasteiger partial charge on any atom is 0.339 e. The number of hydrogen-bond acceptors (Lipinski definition) is 5. The maximum atomic E-state index is 10.7. The Morgan fingerprint density at radius 3 is 2.82 bits per heavy atom. The van der Waals surface area contributed by atoms with Gasteiger partial charge in [-0.3, -0.25) is 15.0 Å². The highest BCUT2D eigenvalue weighted by Crippen LogP contribution is 2.23. The van der Waals surface area contributed by atoms with Crippen LogP contribution in [0, 0.1) is 10.1 Å². The number of carbonyl (C=O) groups excluding carboxylic acids is 1. The topological polar surface area (TPSA) is 78.7 Å². The van der Waals surface area contributed by atoms with Crippen molar-refractivity contribution in [1.29, 1.82) is 0 Å². The summed E-state index contributed by atoms with van der Waals surface area (Å²) in [6.45, 7) is 1.24. The molecule has 1 rings (SSSR count). The van der Waals surface area contributed by atoms with Crippen molar-refractivity contribution in [3.05, 3.63) is 38.9 Å². The lowest BCUT2D eigenvalue weighted by atomic mass is 10.1. The molecule has 0 aliphatic carbocycles. The van der Waals surface area contributed by atoms with Crippen LogP contribution in [-0.2, 0) is 21.0 Å². The fraction of sp³-hybridized carbons (Fsp3) is 0.300. The Morgan fingerprint density at radius 2 is 2.24 bits per heavy atom. The molecule has 0 amide bonds. The molecule has 92 valence electrons. The average Bonchev–Trinajstić information content (AvgIpc) is 2.25. The van der Waals surface area contributed by atoms with Crippen LogP contribution in [0.4, 0.5) is 5.69 Å². The highest BCUT2D eigenvalue weighted by molar-refractivity contribution is 6.30. The van der Waals surface area contributed by atoms with Crippen molar-refractivity contribution in [2.45, 2.75) is 13.3 Å². The van der Waals surface area contributed by atoms with Crippen molar-refractivity contribution in [3.63, 3.8) is 0 Å². The van der Waals surface area contributed by atoms with Gasteiger partial charge < -0.3 is 0 Å². The molecule has 0 unspecified atom stereocenters. The van der Waals surface area contributed by atoms with Crippen LogP contribution >= 0.6 is 11.6 Å². The van der Waals surface area contributed by atoms with E-state index in [2.05, 4.69) is 9.78 Å². The first kappa shape index (κ1) is 13.4. The van der Waals surface area contributed by atoms with Crippen LogP contribution in [0.5, 0.6) is 0 Å². The summed E-state index contributed by atoms with van der Waals surface area (Å²) in [7, 11) is 0. The van der Waals surface area contributed by atoms with Gasteiger partial charge in [-0.15, -0.1) is 0 Å². The highest BCUT2D eigenvalue weighted by atomic mass is 35.5. The van der Waals surface area contributed by atoms with Gasteiger partial charge >= 0.3 is 5.97 Å².